The van der Waals surface area contributed by atoms with Crippen LogP contribution in [0.1, 0.15) is 142 Å². The Morgan fingerprint density at radius 1 is 0.615 bits per heavy atom. The number of hydrogen-bond donors (Lipinski definition) is 1. The molecule has 4 aromatic rings. The average Bonchev–Trinajstić information content (AvgIpc) is 3.29. The number of likely N-dealkylation sites (tertiary alicyclic amines) is 2. The zero-order valence-electron chi connectivity index (χ0n) is 39.8. The number of nitrogens with zero attached hydrogens (tertiary/aromatic N) is 6. The summed E-state index contributed by atoms with van der Waals surface area (Å²) in [6.07, 6.45) is 18.9. The summed E-state index contributed by atoms with van der Waals surface area (Å²) in [6.45, 7) is 17.3. The second-order valence-corrected chi connectivity index (χ2v) is 21.7. The van der Waals surface area contributed by atoms with Crippen molar-refractivity contribution in [2.75, 3.05) is 32.8 Å². The Morgan fingerprint density at radius 2 is 1.09 bits per heavy atom. The smallest absolute Gasteiger partial charge is 0.309 e. The number of aromatic nitrogens is 4. The van der Waals surface area contributed by atoms with Crippen LogP contribution < -0.4 is 9.47 Å². The summed E-state index contributed by atoms with van der Waals surface area (Å²) < 4.78 is 18.5. The number of fused-ring (bicyclic) bond motifs is 2. The van der Waals surface area contributed by atoms with Crippen molar-refractivity contribution in [1.29, 1.82) is 0 Å². The highest BCUT2D eigenvalue weighted by atomic mass is 16.5. The van der Waals surface area contributed by atoms with E-state index in [2.05, 4.69) is 74.8 Å². The molecule has 12 heteroatoms. The first kappa shape index (κ1) is 47.1. The zero-order chi connectivity index (χ0) is 45.6. The number of carbonyl (C=O) groups excluding carboxylic acids is 1. The monoisotopic (exact) mass is 891 g/mol. The van der Waals surface area contributed by atoms with Crippen LogP contribution in [0.3, 0.4) is 0 Å². The van der Waals surface area contributed by atoms with Gasteiger partial charge in [0.15, 0.2) is 0 Å². The summed E-state index contributed by atoms with van der Waals surface area (Å²) in [7, 11) is 0. The van der Waals surface area contributed by atoms with E-state index in [0.29, 0.717) is 42.5 Å². The van der Waals surface area contributed by atoms with Gasteiger partial charge in [0.1, 0.15) is 12.2 Å². The quantitative estimate of drug-likeness (QED) is 0.0846. The lowest BCUT2D eigenvalue weighted by atomic mass is 9.68. The van der Waals surface area contributed by atoms with Crippen molar-refractivity contribution in [1.82, 2.24) is 29.7 Å². The van der Waals surface area contributed by atoms with Gasteiger partial charge in [-0.15, -0.1) is 0 Å². The third kappa shape index (κ3) is 12.7. The Hall–Kier alpha value is -4.42. The number of ether oxygens (including phenoxy) is 3. The van der Waals surface area contributed by atoms with E-state index >= 15 is 0 Å². The number of unbranched alkanes of at least 4 members (excludes halogenated alkanes) is 1. The molecule has 1 N–H and O–H groups in total. The molecule has 2 aromatic heterocycles. The standard InChI is InChI=1S/C53H74N6O6/c1-52(2,3)40-10-14-42(15-11-40)64-48-32-54-47-31-37(9-19-44(47)56-48)35-59-27-22-39(23-28-59)51(62)63-29-7-6-24-53(4,5)41-12-16-43(17-13-41)65-49-33-55-46-30-36(8-18-45(46)57-49)34-58-25-20-38(21-26-58)50(60)61/h8-9,18-19,30-33,38-43H,6-7,10-17,20-29,34-35H2,1-5H3,(H,60,61). The molecule has 4 heterocycles. The molecule has 0 amide bonds. The Bertz CT molecular complexity index is 2210. The molecule has 0 radical (unpaired) electrons. The minimum atomic E-state index is -0.679. The fourth-order valence-corrected chi connectivity index (χ4v) is 11.1. The lowest BCUT2D eigenvalue weighted by Gasteiger charge is -2.39. The third-order valence-electron chi connectivity index (χ3n) is 15.6. The Kier molecular flexibility index (Phi) is 15.2. The molecule has 0 bridgehead atoms. The molecule has 4 aliphatic rings. The Labute approximate surface area is 386 Å². The first-order valence-electron chi connectivity index (χ1n) is 24.9. The van der Waals surface area contributed by atoms with Crippen LogP contribution >= 0.6 is 0 Å². The van der Waals surface area contributed by atoms with Crippen LogP contribution in [-0.2, 0) is 27.4 Å². The number of esters is 1. The maximum atomic E-state index is 13.1. The van der Waals surface area contributed by atoms with Gasteiger partial charge >= 0.3 is 11.9 Å². The number of carbonyl (C=O) groups is 2. The predicted octanol–water partition coefficient (Wildman–Crippen LogP) is 10.4. The van der Waals surface area contributed by atoms with E-state index in [1.165, 1.54) is 18.4 Å². The zero-order valence-corrected chi connectivity index (χ0v) is 39.8. The van der Waals surface area contributed by atoms with Crippen LogP contribution in [0.4, 0.5) is 0 Å². The highest BCUT2D eigenvalue weighted by Crippen LogP contribution is 2.43. The van der Waals surface area contributed by atoms with Crippen molar-refractivity contribution in [2.45, 2.75) is 156 Å². The van der Waals surface area contributed by atoms with Crippen LogP contribution in [0.2, 0.25) is 0 Å². The van der Waals surface area contributed by atoms with Crippen molar-refractivity contribution in [3.8, 4) is 11.8 Å². The molecule has 4 fully saturated rings. The topological polar surface area (TPSA) is 140 Å². The SMILES string of the molecule is CC(C)(C)C1CCC(Oc2cnc3cc(CN4CCC(C(=O)OCCCCC(C)(C)C5CCC(Oc6cnc7cc(CN8CCC(C(=O)O)CC8)ccc7n6)CC5)CC4)ccc3n2)CC1. The number of benzene rings is 2. The second-order valence-electron chi connectivity index (χ2n) is 21.7. The van der Waals surface area contributed by atoms with Crippen LogP contribution in [0, 0.1) is 34.5 Å². The van der Waals surface area contributed by atoms with Crippen molar-refractivity contribution in [3.05, 3.63) is 59.9 Å². The number of carboxylic acids is 1. The van der Waals surface area contributed by atoms with Crippen molar-refractivity contribution >= 4 is 34.0 Å². The maximum absolute atomic E-state index is 13.1. The molecule has 65 heavy (non-hydrogen) atoms. The molecule has 2 saturated carbocycles. The largest absolute Gasteiger partial charge is 0.481 e. The highest BCUT2D eigenvalue weighted by Gasteiger charge is 2.34. The van der Waals surface area contributed by atoms with Gasteiger partial charge in [-0.3, -0.25) is 19.4 Å². The van der Waals surface area contributed by atoms with Crippen LogP contribution in [-0.4, -0.2) is 91.8 Å². The molecule has 2 aliphatic heterocycles. The van der Waals surface area contributed by atoms with Gasteiger partial charge in [0, 0.05) is 13.1 Å². The number of hydrogen-bond acceptors (Lipinski definition) is 11. The van der Waals surface area contributed by atoms with Gasteiger partial charge in [0.25, 0.3) is 0 Å². The first-order valence-corrected chi connectivity index (χ1v) is 24.9. The summed E-state index contributed by atoms with van der Waals surface area (Å²) in [5.74, 6) is 1.64. The molecule has 2 aromatic carbocycles. The summed E-state index contributed by atoms with van der Waals surface area (Å²) in [4.78, 5) is 48.1. The first-order chi connectivity index (χ1) is 31.2. The van der Waals surface area contributed by atoms with Gasteiger partial charge in [-0.2, -0.15) is 0 Å². The van der Waals surface area contributed by atoms with E-state index in [4.69, 9.17) is 34.1 Å². The van der Waals surface area contributed by atoms with E-state index in [9.17, 15) is 14.7 Å². The van der Waals surface area contributed by atoms with Gasteiger partial charge in [0.2, 0.25) is 11.8 Å². The normalized spacial score (nSPS) is 23.4. The lowest BCUT2D eigenvalue weighted by molar-refractivity contribution is -0.150. The summed E-state index contributed by atoms with van der Waals surface area (Å²) in [5, 5.41) is 9.30. The van der Waals surface area contributed by atoms with Gasteiger partial charge in [0.05, 0.1) is 52.9 Å². The highest BCUT2D eigenvalue weighted by molar-refractivity contribution is 5.76. The fraction of sp³-hybridized carbons (Fsp3) is 0.660. The number of aliphatic carboxylic acids is 1. The lowest BCUT2D eigenvalue weighted by Crippen LogP contribution is -2.36. The van der Waals surface area contributed by atoms with Crippen molar-refractivity contribution < 1.29 is 28.9 Å². The van der Waals surface area contributed by atoms with E-state index < -0.39 is 5.97 Å². The average molecular weight is 891 g/mol. The van der Waals surface area contributed by atoms with Gasteiger partial charge in [-0.25, -0.2) is 19.9 Å². The molecule has 2 saturated heterocycles. The van der Waals surface area contributed by atoms with Crippen LogP contribution in [0.15, 0.2) is 48.8 Å². The minimum Gasteiger partial charge on any atom is -0.481 e. The number of piperidine rings is 2. The second kappa shape index (κ2) is 21.0. The molecule has 2 aliphatic carbocycles. The van der Waals surface area contributed by atoms with E-state index in [1.54, 1.807) is 12.4 Å². The molecular weight excluding hydrogens is 817 g/mol. The molecular formula is C53H74N6O6. The van der Waals surface area contributed by atoms with Gasteiger partial charge in [-0.05, 0) is 181 Å². The van der Waals surface area contributed by atoms with Crippen LogP contribution in [0.25, 0.3) is 22.1 Å². The Balaban J connectivity index is 0.688. The van der Waals surface area contributed by atoms with E-state index in [0.717, 1.165) is 143 Å². The molecule has 0 atom stereocenters. The molecule has 12 nitrogen and oxygen atoms in total. The molecule has 0 spiro atoms. The minimum absolute atomic E-state index is 0.0227. The molecule has 352 valence electrons. The van der Waals surface area contributed by atoms with Gasteiger partial charge in [-0.1, -0.05) is 46.8 Å². The molecule has 0 unspecified atom stereocenters. The number of carboxylic acid groups (broad SMARTS) is 1. The maximum Gasteiger partial charge on any atom is 0.309 e. The Morgan fingerprint density at radius 3 is 1.57 bits per heavy atom. The van der Waals surface area contributed by atoms with Crippen molar-refractivity contribution in [2.24, 2.45) is 34.5 Å². The van der Waals surface area contributed by atoms with Crippen LogP contribution in [0.5, 0.6) is 11.8 Å². The summed E-state index contributed by atoms with van der Waals surface area (Å²) in [5.41, 5.74) is 6.38. The third-order valence-corrected chi connectivity index (χ3v) is 15.6. The summed E-state index contributed by atoms with van der Waals surface area (Å²) >= 11 is 0. The summed E-state index contributed by atoms with van der Waals surface area (Å²) in [6, 6.07) is 12.6. The fourth-order valence-electron chi connectivity index (χ4n) is 11.1. The van der Waals surface area contributed by atoms with Crippen molar-refractivity contribution in [3.63, 3.8) is 0 Å². The predicted molar refractivity (Wildman–Crippen MR) is 254 cm³/mol. The van der Waals surface area contributed by atoms with Gasteiger partial charge < -0.3 is 19.3 Å². The number of rotatable bonds is 16. The molecule has 8 rings (SSSR count). The van der Waals surface area contributed by atoms with E-state index in [-0.39, 0.29) is 35.4 Å². The van der Waals surface area contributed by atoms with E-state index in [1.807, 2.05) is 6.07 Å².